The molecule has 0 atom stereocenters. The molecule has 0 N–H and O–H groups in total. The van der Waals surface area contributed by atoms with Gasteiger partial charge in [0.2, 0.25) is 0 Å². The molecule has 4 aromatic rings. The number of hydrogen-bond acceptors (Lipinski definition) is 3. The molecule has 0 saturated carbocycles. The Balaban J connectivity index is 1.83. The zero-order chi connectivity index (χ0) is 17.4. The van der Waals surface area contributed by atoms with Gasteiger partial charge in [0.15, 0.2) is 0 Å². The van der Waals surface area contributed by atoms with Crippen molar-refractivity contribution in [1.29, 1.82) is 0 Å². The van der Waals surface area contributed by atoms with Crippen molar-refractivity contribution in [2.75, 3.05) is 0 Å². The summed E-state index contributed by atoms with van der Waals surface area (Å²) in [5.41, 5.74) is 2.88. The van der Waals surface area contributed by atoms with E-state index < -0.39 is 0 Å². The minimum absolute atomic E-state index is 0.0313. The predicted octanol–water partition coefficient (Wildman–Crippen LogP) is 5.59. The van der Waals surface area contributed by atoms with Crippen LogP contribution in [-0.2, 0) is 6.54 Å². The van der Waals surface area contributed by atoms with Crippen molar-refractivity contribution in [3.05, 3.63) is 85.7 Å². The molecule has 0 fully saturated rings. The summed E-state index contributed by atoms with van der Waals surface area (Å²) in [4.78, 5) is 18.3. The number of halogens is 2. The van der Waals surface area contributed by atoms with Gasteiger partial charge in [0.05, 0.1) is 18.3 Å². The van der Waals surface area contributed by atoms with Crippen LogP contribution in [0.2, 0.25) is 5.02 Å². The summed E-state index contributed by atoms with van der Waals surface area (Å²) < 4.78 is 2.64. The predicted molar refractivity (Wildman–Crippen MR) is 108 cm³/mol. The van der Waals surface area contributed by atoms with Crippen LogP contribution in [0.3, 0.4) is 0 Å². The Morgan fingerprint density at radius 2 is 1.96 bits per heavy atom. The van der Waals surface area contributed by atoms with Crippen LogP contribution in [0.4, 0.5) is 0 Å². The molecule has 2 aromatic heterocycles. The van der Waals surface area contributed by atoms with E-state index in [0.29, 0.717) is 17.0 Å². The molecule has 0 spiro atoms. The van der Waals surface area contributed by atoms with Gasteiger partial charge in [0.25, 0.3) is 5.56 Å². The Labute approximate surface area is 161 Å². The number of aromatic nitrogens is 2. The average molecular weight is 432 g/mol. The fourth-order valence-corrected chi connectivity index (χ4v) is 4.23. The molecule has 25 heavy (non-hydrogen) atoms. The van der Waals surface area contributed by atoms with Crippen molar-refractivity contribution in [3.63, 3.8) is 0 Å². The molecule has 2 aromatic carbocycles. The van der Waals surface area contributed by atoms with Crippen LogP contribution < -0.4 is 5.56 Å². The summed E-state index contributed by atoms with van der Waals surface area (Å²) in [6.45, 7) is 0.483. The highest BCUT2D eigenvalue weighted by Gasteiger charge is 2.13. The second-order valence-corrected chi connectivity index (χ2v) is 7.85. The van der Waals surface area contributed by atoms with Crippen LogP contribution in [-0.4, -0.2) is 9.55 Å². The Morgan fingerprint density at radius 1 is 1.16 bits per heavy atom. The van der Waals surface area contributed by atoms with Crippen molar-refractivity contribution in [2.24, 2.45) is 0 Å². The van der Waals surface area contributed by atoms with Gasteiger partial charge in [0.1, 0.15) is 4.83 Å². The molecule has 0 radical (unpaired) electrons. The zero-order valence-corrected chi connectivity index (χ0v) is 16.1. The normalized spacial score (nSPS) is 11.1. The van der Waals surface area contributed by atoms with Crippen molar-refractivity contribution in [3.8, 4) is 11.1 Å². The lowest BCUT2D eigenvalue weighted by Gasteiger charge is -2.07. The molecule has 124 valence electrons. The van der Waals surface area contributed by atoms with Crippen molar-refractivity contribution in [1.82, 2.24) is 9.55 Å². The average Bonchev–Trinajstić information content (AvgIpc) is 3.03. The lowest BCUT2D eigenvalue weighted by Crippen LogP contribution is -2.20. The molecule has 0 aliphatic rings. The SMILES string of the molecule is O=c1c2c(-c3ccc(Cl)cc3)csc2ncn1Cc1cccc(Br)c1. The summed E-state index contributed by atoms with van der Waals surface area (Å²) in [6, 6.07) is 15.4. The van der Waals surface area contributed by atoms with Gasteiger partial charge < -0.3 is 0 Å². The van der Waals surface area contributed by atoms with E-state index in [2.05, 4.69) is 20.9 Å². The second kappa shape index (κ2) is 6.75. The first kappa shape index (κ1) is 16.5. The Kier molecular flexibility index (Phi) is 4.46. The van der Waals surface area contributed by atoms with Crippen molar-refractivity contribution < 1.29 is 0 Å². The molecule has 6 heteroatoms. The van der Waals surface area contributed by atoms with Crippen LogP contribution in [0.1, 0.15) is 5.56 Å². The molecular formula is C19H12BrClN2OS. The summed E-state index contributed by atoms with van der Waals surface area (Å²) >= 11 is 10.9. The van der Waals surface area contributed by atoms with E-state index in [1.165, 1.54) is 11.3 Å². The number of nitrogens with zero attached hydrogens (tertiary/aromatic N) is 2. The van der Waals surface area contributed by atoms with Gasteiger partial charge in [-0.25, -0.2) is 4.98 Å². The van der Waals surface area contributed by atoms with Crippen LogP contribution in [0.15, 0.2) is 69.5 Å². The molecule has 0 amide bonds. The van der Waals surface area contributed by atoms with Gasteiger partial charge in [-0.1, -0.05) is 51.8 Å². The third-order valence-electron chi connectivity index (χ3n) is 3.96. The standard InChI is InChI=1S/C19H12BrClN2OS/c20-14-3-1-2-12(8-14)9-23-11-22-18-17(19(23)24)16(10-25-18)13-4-6-15(21)7-5-13/h1-8,10-11H,9H2. The summed E-state index contributed by atoms with van der Waals surface area (Å²) in [6.07, 6.45) is 1.62. The Bertz CT molecular complexity index is 1120. The highest BCUT2D eigenvalue weighted by Crippen LogP contribution is 2.31. The van der Waals surface area contributed by atoms with Crippen LogP contribution >= 0.6 is 38.9 Å². The molecule has 3 nitrogen and oxygen atoms in total. The first-order valence-electron chi connectivity index (χ1n) is 7.59. The van der Waals surface area contributed by atoms with E-state index in [9.17, 15) is 4.79 Å². The van der Waals surface area contributed by atoms with Gasteiger partial charge in [-0.3, -0.25) is 9.36 Å². The fraction of sp³-hybridized carbons (Fsp3) is 0.0526. The number of fused-ring (bicyclic) bond motifs is 1. The smallest absolute Gasteiger partial charge is 0.263 e. The number of hydrogen-bond donors (Lipinski definition) is 0. The van der Waals surface area contributed by atoms with E-state index in [0.717, 1.165) is 26.0 Å². The third-order valence-corrected chi connectivity index (χ3v) is 5.59. The number of benzene rings is 2. The highest BCUT2D eigenvalue weighted by atomic mass is 79.9. The molecular weight excluding hydrogens is 420 g/mol. The molecule has 0 unspecified atom stereocenters. The Morgan fingerprint density at radius 3 is 2.72 bits per heavy atom. The highest BCUT2D eigenvalue weighted by molar-refractivity contribution is 9.10. The third kappa shape index (κ3) is 3.27. The van der Waals surface area contributed by atoms with Gasteiger partial charge in [-0.05, 0) is 35.4 Å². The molecule has 0 aliphatic carbocycles. The lowest BCUT2D eigenvalue weighted by atomic mass is 10.1. The first-order chi connectivity index (χ1) is 12.1. The first-order valence-corrected chi connectivity index (χ1v) is 9.64. The van der Waals surface area contributed by atoms with E-state index in [1.807, 2.05) is 53.9 Å². The zero-order valence-electron chi connectivity index (χ0n) is 12.9. The second-order valence-electron chi connectivity index (χ2n) is 5.64. The van der Waals surface area contributed by atoms with Crippen molar-refractivity contribution in [2.45, 2.75) is 6.54 Å². The van der Waals surface area contributed by atoms with Gasteiger partial charge >= 0.3 is 0 Å². The van der Waals surface area contributed by atoms with E-state index in [1.54, 1.807) is 10.9 Å². The van der Waals surface area contributed by atoms with Gasteiger partial charge in [-0.2, -0.15) is 0 Å². The summed E-state index contributed by atoms with van der Waals surface area (Å²) in [5, 5.41) is 3.31. The van der Waals surface area contributed by atoms with Crippen LogP contribution in [0.25, 0.3) is 21.3 Å². The maximum atomic E-state index is 13.0. The minimum atomic E-state index is -0.0313. The van der Waals surface area contributed by atoms with Crippen molar-refractivity contribution >= 4 is 49.1 Å². The minimum Gasteiger partial charge on any atom is -0.294 e. The fourth-order valence-electron chi connectivity index (χ4n) is 2.75. The summed E-state index contributed by atoms with van der Waals surface area (Å²) in [5.74, 6) is 0. The monoisotopic (exact) mass is 430 g/mol. The molecule has 0 aliphatic heterocycles. The maximum Gasteiger partial charge on any atom is 0.263 e. The number of rotatable bonds is 3. The van der Waals surface area contributed by atoms with Crippen LogP contribution in [0, 0.1) is 0 Å². The summed E-state index contributed by atoms with van der Waals surface area (Å²) in [7, 11) is 0. The molecule has 0 bridgehead atoms. The van der Waals surface area contributed by atoms with E-state index in [-0.39, 0.29) is 5.56 Å². The quantitative estimate of drug-likeness (QED) is 0.424. The van der Waals surface area contributed by atoms with Crippen LogP contribution in [0.5, 0.6) is 0 Å². The number of thiophene rings is 1. The lowest BCUT2D eigenvalue weighted by molar-refractivity contribution is 0.749. The molecule has 4 rings (SSSR count). The molecule has 2 heterocycles. The van der Waals surface area contributed by atoms with Gasteiger partial charge in [0, 0.05) is 20.4 Å². The topological polar surface area (TPSA) is 34.9 Å². The van der Waals surface area contributed by atoms with Gasteiger partial charge in [-0.15, -0.1) is 11.3 Å². The molecule has 0 saturated heterocycles. The van der Waals surface area contributed by atoms with E-state index >= 15 is 0 Å². The maximum absolute atomic E-state index is 13.0. The van der Waals surface area contributed by atoms with E-state index in [4.69, 9.17) is 11.6 Å². The largest absolute Gasteiger partial charge is 0.294 e. The Hall–Kier alpha value is -1.95.